The lowest BCUT2D eigenvalue weighted by Crippen LogP contribution is -2.43. The molecule has 2 aromatic rings. The number of carboxylic acid groups (broad SMARTS) is 1. The van der Waals surface area contributed by atoms with Crippen molar-refractivity contribution in [2.45, 2.75) is 52.7 Å². The van der Waals surface area contributed by atoms with Crippen molar-refractivity contribution >= 4 is 29.2 Å². The molecule has 2 aromatic carbocycles. The summed E-state index contributed by atoms with van der Waals surface area (Å²) < 4.78 is 5.36. The first-order valence-electron chi connectivity index (χ1n) is 10.7. The Morgan fingerprint density at radius 2 is 1.69 bits per heavy atom. The molecule has 1 amide bonds. The van der Waals surface area contributed by atoms with Gasteiger partial charge in [0.15, 0.2) is 5.78 Å². The van der Waals surface area contributed by atoms with Crippen LogP contribution in [0.5, 0.6) is 0 Å². The molecule has 2 atom stereocenters. The maximum absolute atomic E-state index is 13.4. The van der Waals surface area contributed by atoms with E-state index in [0.717, 1.165) is 21.7 Å². The van der Waals surface area contributed by atoms with Crippen molar-refractivity contribution in [2.24, 2.45) is 5.92 Å². The molecule has 1 aliphatic heterocycles. The first-order chi connectivity index (χ1) is 15.0. The summed E-state index contributed by atoms with van der Waals surface area (Å²) in [6, 6.07) is 12.0. The number of nitrogens with zero attached hydrogens (tertiary/aromatic N) is 1. The highest BCUT2D eigenvalue weighted by molar-refractivity contribution is 6.04. The van der Waals surface area contributed by atoms with Gasteiger partial charge in [-0.25, -0.2) is 9.59 Å². The maximum atomic E-state index is 13.4. The van der Waals surface area contributed by atoms with Crippen LogP contribution in [-0.2, 0) is 9.53 Å². The number of anilines is 2. The second-order valence-corrected chi connectivity index (χ2v) is 9.20. The van der Waals surface area contributed by atoms with E-state index in [-0.39, 0.29) is 18.7 Å². The average molecular weight is 439 g/mol. The molecule has 2 N–H and O–H groups in total. The molecule has 1 fully saturated rings. The lowest BCUT2D eigenvalue weighted by Gasteiger charge is -2.26. The van der Waals surface area contributed by atoms with Crippen molar-refractivity contribution in [1.29, 1.82) is 0 Å². The van der Waals surface area contributed by atoms with Gasteiger partial charge < -0.3 is 15.2 Å². The standard InChI is InChI=1S/C25H30N2O5/c1-15-9-8-12-19(16(15)2)26-20-11-7-6-10-18(20)22(28)17-13-21(23(29)30)27(14-17)24(31)32-25(3,4)5/h6-12,17,21,26H,13-14H2,1-5H3,(H,29,30)/t17-,21-/m0/s1. The summed E-state index contributed by atoms with van der Waals surface area (Å²) >= 11 is 0. The van der Waals surface area contributed by atoms with Crippen LogP contribution in [0, 0.1) is 19.8 Å². The Morgan fingerprint density at radius 3 is 2.34 bits per heavy atom. The van der Waals surface area contributed by atoms with Crippen molar-refractivity contribution in [3.8, 4) is 0 Å². The molecule has 0 aromatic heterocycles. The topological polar surface area (TPSA) is 95.9 Å². The van der Waals surface area contributed by atoms with Gasteiger partial charge in [-0.05, 0) is 70.4 Å². The lowest BCUT2D eigenvalue weighted by atomic mass is 9.94. The number of hydrogen-bond acceptors (Lipinski definition) is 5. The van der Waals surface area contributed by atoms with Gasteiger partial charge in [-0.15, -0.1) is 0 Å². The van der Waals surface area contributed by atoms with Gasteiger partial charge in [-0.1, -0.05) is 24.3 Å². The number of ketones is 1. The molecule has 7 heteroatoms. The van der Waals surface area contributed by atoms with E-state index >= 15 is 0 Å². The molecule has 0 aliphatic carbocycles. The van der Waals surface area contributed by atoms with Crippen molar-refractivity contribution in [1.82, 2.24) is 4.90 Å². The molecular weight excluding hydrogens is 408 g/mol. The molecule has 1 saturated heterocycles. The number of likely N-dealkylation sites (tertiary alicyclic amines) is 1. The zero-order valence-electron chi connectivity index (χ0n) is 19.1. The number of carboxylic acids is 1. The van der Waals surface area contributed by atoms with Gasteiger partial charge in [0.05, 0.1) is 0 Å². The van der Waals surface area contributed by atoms with Gasteiger partial charge in [-0.3, -0.25) is 9.69 Å². The monoisotopic (exact) mass is 438 g/mol. The zero-order chi connectivity index (χ0) is 23.6. The highest BCUT2D eigenvalue weighted by atomic mass is 16.6. The van der Waals surface area contributed by atoms with Crippen LogP contribution in [-0.4, -0.2) is 46.0 Å². The minimum Gasteiger partial charge on any atom is -0.480 e. The third kappa shape index (κ3) is 5.10. The second kappa shape index (κ2) is 9.02. The largest absolute Gasteiger partial charge is 0.480 e. The number of amides is 1. The SMILES string of the molecule is Cc1cccc(Nc2ccccc2C(=O)[C@H]2C[C@@H](C(=O)O)N(C(=O)OC(C)(C)C)C2)c1C. The molecule has 7 nitrogen and oxygen atoms in total. The van der Waals surface area contributed by atoms with E-state index in [2.05, 4.69) is 5.32 Å². The molecular formula is C25H30N2O5. The molecule has 32 heavy (non-hydrogen) atoms. The first-order valence-corrected chi connectivity index (χ1v) is 10.7. The number of Topliss-reactive ketones (excluding diaryl/α,β-unsaturated/α-hetero) is 1. The number of nitrogens with one attached hydrogen (secondary N) is 1. The Morgan fingerprint density at radius 1 is 1.03 bits per heavy atom. The minimum absolute atomic E-state index is 0.00250. The second-order valence-electron chi connectivity index (χ2n) is 9.20. The average Bonchev–Trinajstić information content (AvgIpc) is 3.16. The summed E-state index contributed by atoms with van der Waals surface area (Å²) in [4.78, 5) is 38.9. The summed E-state index contributed by atoms with van der Waals surface area (Å²) in [6.07, 6.45) is -0.674. The minimum atomic E-state index is -1.15. The van der Waals surface area contributed by atoms with Gasteiger partial charge in [0.1, 0.15) is 11.6 Å². The predicted octanol–water partition coefficient (Wildman–Crippen LogP) is 4.94. The molecule has 0 spiro atoms. The maximum Gasteiger partial charge on any atom is 0.411 e. The van der Waals surface area contributed by atoms with Gasteiger partial charge in [-0.2, -0.15) is 0 Å². The summed E-state index contributed by atoms with van der Waals surface area (Å²) in [5.74, 6) is -1.98. The summed E-state index contributed by atoms with van der Waals surface area (Å²) in [5, 5.41) is 13.0. The van der Waals surface area contributed by atoms with Crippen LogP contribution in [0.15, 0.2) is 42.5 Å². The summed E-state index contributed by atoms with van der Waals surface area (Å²) in [5.41, 5.74) is 3.46. The Bertz CT molecular complexity index is 1040. The van der Waals surface area contributed by atoms with Crippen LogP contribution in [0.1, 0.15) is 48.7 Å². The van der Waals surface area contributed by atoms with Crippen LogP contribution in [0.4, 0.5) is 16.2 Å². The number of carbonyl (C=O) groups is 3. The number of aliphatic carboxylic acids is 1. The number of rotatable bonds is 5. The van der Waals surface area contributed by atoms with E-state index < -0.39 is 29.6 Å². The zero-order valence-corrected chi connectivity index (χ0v) is 19.1. The molecule has 0 saturated carbocycles. The first kappa shape index (κ1) is 23.3. The molecule has 170 valence electrons. The predicted molar refractivity (Wildman–Crippen MR) is 122 cm³/mol. The quantitative estimate of drug-likeness (QED) is 0.642. The van der Waals surface area contributed by atoms with Gasteiger partial charge >= 0.3 is 12.1 Å². The van der Waals surface area contributed by atoms with Crippen molar-refractivity contribution < 1.29 is 24.2 Å². The van der Waals surface area contributed by atoms with Gasteiger partial charge in [0.25, 0.3) is 0 Å². The molecule has 0 bridgehead atoms. The molecule has 3 rings (SSSR count). The van der Waals surface area contributed by atoms with Crippen LogP contribution < -0.4 is 5.32 Å². The fourth-order valence-corrected chi connectivity index (χ4v) is 3.84. The van der Waals surface area contributed by atoms with E-state index in [4.69, 9.17) is 4.74 Å². The number of benzene rings is 2. The van der Waals surface area contributed by atoms with E-state index in [1.54, 1.807) is 32.9 Å². The van der Waals surface area contributed by atoms with Crippen LogP contribution in [0.2, 0.25) is 0 Å². The van der Waals surface area contributed by atoms with E-state index in [0.29, 0.717) is 11.3 Å². The van der Waals surface area contributed by atoms with Crippen molar-refractivity contribution in [2.75, 3.05) is 11.9 Å². The molecule has 1 heterocycles. The van der Waals surface area contributed by atoms with Crippen molar-refractivity contribution in [3.63, 3.8) is 0 Å². The third-order valence-electron chi connectivity index (χ3n) is 5.65. The normalized spacial score (nSPS) is 18.3. The summed E-state index contributed by atoms with van der Waals surface area (Å²) in [7, 11) is 0. The molecule has 0 radical (unpaired) electrons. The Labute approximate surface area is 188 Å². The van der Waals surface area contributed by atoms with Crippen LogP contribution >= 0.6 is 0 Å². The van der Waals surface area contributed by atoms with Crippen molar-refractivity contribution in [3.05, 3.63) is 59.2 Å². The Kier molecular flexibility index (Phi) is 6.57. The Hall–Kier alpha value is -3.35. The van der Waals surface area contributed by atoms with E-state index in [1.165, 1.54) is 0 Å². The Balaban J connectivity index is 1.85. The molecule has 1 aliphatic rings. The smallest absolute Gasteiger partial charge is 0.411 e. The van der Waals surface area contributed by atoms with Gasteiger partial charge in [0, 0.05) is 29.4 Å². The van der Waals surface area contributed by atoms with Gasteiger partial charge in [0.2, 0.25) is 0 Å². The van der Waals surface area contributed by atoms with E-state index in [1.807, 2.05) is 44.2 Å². The third-order valence-corrected chi connectivity index (χ3v) is 5.65. The van der Waals surface area contributed by atoms with Crippen LogP contribution in [0.25, 0.3) is 0 Å². The number of carbonyl (C=O) groups excluding carboxylic acids is 2. The van der Waals surface area contributed by atoms with Crippen LogP contribution in [0.3, 0.4) is 0 Å². The fourth-order valence-electron chi connectivity index (χ4n) is 3.84. The highest BCUT2D eigenvalue weighted by Crippen LogP contribution is 2.32. The molecule has 0 unspecified atom stereocenters. The highest BCUT2D eigenvalue weighted by Gasteiger charge is 2.44. The summed E-state index contributed by atoms with van der Waals surface area (Å²) in [6.45, 7) is 9.18. The lowest BCUT2D eigenvalue weighted by molar-refractivity contribution is -0.142. The number of hydrogen-bond donors (Lipinski definition) is 2. The fraction of sp³-hybridized carbons (Fsp3) is 0.400. The number of ether oxygens (including phenoxy) is 1. The number of para-hydroxylation sites is 1. The van der Waals surface area contributed by atoms with E-state index in [9.17, 15) is 19.5 Å². The number of aryl methyl sites for hydroxylation is 1.